The summed E-state index contributed by atoms with van der Waals surface area (Å²) in [5, 5.41) is 13.1. The number of fused-ring (bicyclic) bond motifs is 1. The first-order valence-electron chi connectivity index (χ1n) is 11.0. The van der Waals surface area contributed by atoms with Crippen LogP contribution < -0.4 is 24.3 Å². The van der Waals surface area contributed by atoms with E-state index < -0.39 is 5.91 Å². The number of hydrogen-bond acceptors (Lipinski definition) is 6. The highest BCUT2D eigenvalue weighted by Gasteiger charge is 2.17. The molecule has 1 heterocycles. The second-order valence-electron chi connectivity index (χ2n) is 7.83. The van der Waals surface area contributed by atoms with Crippen LogP contribution in [0.15, 0.2) is 54.1 Å². The third kappa shape index (κ3) is 5.85. The number of halogens is 2. The van der Waals surface area contributed by atoms with Crippen LogP contribution in [0.3, 0.4) is 0 Å². The van der Waals surface area contributed by atoms with Gasteiger partial charge in [0.15, 0.2) is 23.0 Å². The minimum atomic E-state index is -0.574. The molecule has 1 aliphatic heterocycles. The summed E-state index contributed by atoms with van der Waals surface area (Å²) < 4.78 is 22.4. The fourth-order valence-corrected chi connectivity index (χ4v) is 3.90. The van der Waals surface area contributed by atoms with Gasteiger partial charge in [-0.1, -0.05) is 35.3 Å². The molecule has 0 saturated heterocycles. The molecule has 7 nitrogen and oxygen atoms in total. The molecule has 0 aliphatic carbocycles. The molecule has 1 amide bonds. The first-order chi connectivity index (χ1) is 17.4. The normalized spacial score (nSPS) is 12.1. The monoisotopic (exact) mass is 524 g/mol. The molecule has 3 aromatic rings. The molecule has 1 N–H and O–H groups in total. The van der Waals surface area contributed by atoms with E-state index in [-0.39, 0.29) is 24.0 Å². The van der Waals surface area contributed by atoms with Crippen molar-refractivity contribution in [1.29, 1.82) is 5.26 Å². The van der Waals surface area contributed by atoms with E-state index in [1.54, 1.807) is 30.3 Å². The summed E-state index contributed by atoms with van der Waals surface area (Å²) in [6, 6.07) is 15.8. The number of aryl methyl sites for hydroxylation is 1. The predicted molar refractivity (Wildman–Crippen MR) is 138 cm³/mol. The molecule has 0 fully saturated rings. The van der Waals surface area contributed by atoms with Crippen LogP contribution in [0.5, 0.6) is 23.0 Å². The Hall–Kier alpha value is -3.86. The van der Waals surface area contributed by atoms with E-state index in [2.05, 4.69) is 5.32 Å². The third-order valence-electron chi connectivity index (χ3n) is 5.26. The van der Waals surface area contributed by atoms with Crippen LogP contribution >= 0.6 is 23.2 Å². The van der Waals surface area contributed by atoms with Crippen LogP contribution in [-0.4, -0.2) is 19.3 Å². The molecule has 0 bridgehead atoms. The lowest BCUT2D eigenvalue weighted by molar-refractivity contribution is -0.112. The molecular weight excluding hydrogens is 503 g/mol. The van der Waals surface area contributed by atoms with Crippen LogP contribution in [0.25, 0.3) is 6.08 Å². The summed E-state index contributed by atoms with van der Waals surface area (Å²) >= 11 is 12.6. The molecule has 0 radical (unpaired) electrons. The van der Waals surface area contributed by atoms with Gasteiger partial charge in [0.2, 0.25) is 6.79 Å². The second kappa shape index (κ2) is 11.3. The standard InChI is InChI=1S/C27H22Cl2N2O5/c1-3-33-25-11-18(8-19(13-30)27(32)31-20-6-4-16(2)21(28)12-20)9-22(29)26(25)34-14-17-5-7-23-24(10-17)36-15-35-23/h4-12H,3,14-15H2,1-2H3,(H,31,32)/b19-8-. The maximum absolute atomic E-state index is 12.7. The number of amides is 1. The number of carbonyl (C=O) groups excluding carboxylic acids is 1. The van der Waals surface area contributed by atoms with Gasteiger partial charge in [-0.05, 0) is 73.0 Å². The Morgan fingerprint density at radius 2 is 1.89 bits per heavy atom. The van der Waals surface area contributed by atoms with Crippen LogP contribution in [0.1, 0.15) is 23.6 Å². The zero-order valence-electron chi connectivity index (χ0n) is 19.6. The van der Waals surface area contributed by atoms with Crippen LogP contribution in [0, 0.1) is 18.3 Å². The fourth-order valence-electron chi connectivity index (χ4n) is 3.44. The van der Waals surface area contributed by atoms with Gasteiger partial charge in [0.1, 0.15) is 18.2 Å². The Labute approximate surface area is 218 Å². The summed E-state index contributed by atoms with van der Waals surface area (Å²) in [6.45, 7) is 4.46. The Morgan fingerprint density at radius 1 is 1.08 bits per heavy atom. The van der Waals surface area contributed by atoms with Gasteiger partial charge in [0.25, 0.3) is 5.91 Å². The first kappa shape index (κ1) is 25.2. The summed E-state index contributed by atoms with van der Waals surface area (Å²) in [7, 11) is 0. The van der Waals surface area contributed by atoms with Crippen LogP contribution in [-0.2, 0) is 11.4 Å². The Morgan fingerprint density at radius 3 is 2.64 bits per heavy atom. The van der Waals surface area contributed by atoms with Crippen molar-refractivity contribution in [2.45, 2.75) is 20.5 Å². The summed E-state index contributed by atoms with van der Waals surface area (Å²) in [5.41, 5.74) is 2.62. The van der Waals surface area contributed by atoms with Crippen molar-refractivity contribution in [3.8, 4) is 29.1 Å². The summed E-state index contributed by atoms with van der Waals surface area (Å²) in [6.07, 6.45) is 1.43. The zero-order chi connectivity index (χ0) is 25.7. The van der Waals surface area contributed by atoms with E-state index in [0.717, 1.165) is 11.1 Å². The van der Waals surface area contributed by atoms with Gasteiger partial charge in [-0.2, -0.15) is 5.26 Å². The van der Waals surface area contributed by atoms with Crippen LogP contribution in [0.2, 0.25) is 10.0 Å². The molecule has 184 valence electrons. The topological polar surface area (TPSA) is 89.8 Å². The third-order valence-corrected chi connectivity index (χ3v) is 5.95. The molecule has 3 aromatic carbocycles. The van der Waals surface area contributed by atoms with Gasteiger partial charge in [-0.25, -0.2) is 0 Å². The number of nitrogens with zero attached hydrogens (tertiary/aromatic N) is 1. The number of carbonyl (C=O) groups is 1. The molecule has 0 unspecified atom stereocenters. The summed E-state index contributed by atoms with van der Waals surface area (Å²) in [5.74, 6) is 1.51. The Kier molecular flexibility index (Phi) is 7.89. The van der Waals surface area contributed by atoms with E-state index in [1.807, 2.05) is 38.1 Å². The van der Waals surface area contributed by atoms with Crippen molar-refractivity contribution in [3.05, 3.63) is 80.8 Å². The molecule has 0 spiro atoms. The van der Waals surface area contributed by atoms with E-state index in [1.165, 1.54) is 6.08 Å². The van der Waals surface area contributed by atoms with Gasteiger partial charge in [0, 0.05) is 10.7 Å². The first-order valence-corrected chi connectivity index (χ1v) is 11.8. The maximum atomic E-state index is 12.7. The fraction of sp³-hybridized carbons (Fsp3) is 0.185. The van der Waals surface area contributed by atoms with Crippen LogP contribution in [0.4, 0.5) is 5.69 Å². The lowest BCUT2D eigenvalue weighted by atomic mass is 10.1. The van der Waals surface area contributed by atoms with Crippen molar-refractivity contribution in [2.24, 2.45) is 0 Å². The Balaban J connectivity index is 1.54. The highest BCUT2D eigenvalue weighted by Crippen LogP contribution is 2.39. The van der Waals surface area contributed by atoms with Crippen molar-refractivity contribution >= 4 is 40.9 Å². The summed E-state index contributed by atoms with van der Waals surface area (Å²) in [4.78, 5) is 12.7. The molecular formula is C27H22Cl2N2O5. The van der Waals surface area contributed by atoms with E-state index in [9.17, 15) is 10.1 Å². The quantitative estimate of drug-likeness (QED) is 0.265. The molecule has 4 rings (SSSR count). The van der Waals surface area contributed by atoms with E-state index in [4.69, 9.17) is 42.1 Å². The maximum Gasteiger partial charge on any atom is 0.266 e. The molecule has 9 heteroatoms. The largest absolute Gasteiger partial charge is 0.490 e. The molecule has 36 heavy (non-hydrogen) atoms. The number of benzene rings is 3. The average molecular weight is 525 g/mol. The second-order valence-corrected chi connectivity index (χ2v) is 8.64. The predicted octanol–water partition coefficient (Wildman–Crippen LogP) is 6.55. The van der Waals surface area contributed by atoms with Gasteiger partial charge < -0.3 is 24.3 Å². The molecule has 0 atom stereocenters. The number of rotatable bonds is 8. The number of hydrogen-bond donors (Lipinski definition) is 1. The highest BCUT2D eigenvalue weighted by atomic mass is 35.5. The smallest absolute Gasteiger partial charge is 0.266 e. The van der Waals surface area contributed by atoms with Crippen molar-refractivity contribution < 1.29 is 23.7 Å². The molecule has 0 aromatic heterocycles. The Bertz CT molecular complexity index is 1380. The number of nitriles is 1. The van der Waals surface area contributed by atoms with E-state index >= 15 is 0 Å². The molecule has 1 aliphatic rings. The lowest BCUT2D eigenvalue weighted by Crippen LogP contribution is -2.13. The van der Waals surface area contributed by atoms with Gasteiger partial charge in [-0.3, -0.25) is 4.79 Å². The highest BCUT2D eigenvalue weighted by molar-refractivity contribution is 6.32. The number of ether oxygens (including phenoxy) is 4. The lowest BCUT2D eigenvalue weighted by Gasteiger charge is -2.15. The number of anilines is 1. The van der Waals surface area contributed by atoms with E-state index in [0.29, 0.717) is 45.9 Å². The molecule has 0 saturated carbocycles. The number of nitrogens with one attached hydrogen (secondary N) is 1. The van der Waals surface area contributed by atoms with Gasteiger partial charge >= 0.3 is 0 Å². The van der Waals surface area contributed by atoms with Gasteiger partial charge in [0.05, 0.1) is 11.6 Å². The SMILES string of the molecule is CCOc1cc(/C=C(/C#N)C(=O)Nc2ccc(C)c(Cl)c2)cc(Cl)c1OCc1ccc2c(c1)OCO2. The average Bonchev–Trinajstić information content (AvgIpc) is 3.32. The van der Waals surface area contributed by atoms with Crippen molar-refractivity contribution in [2.75, 3.05) is 18.7 Å². The van der Waals surface area contributed by atoms with Gasteiger partial charge in [-0.15, -0.1) is 0 Å². The minimum Gasteiger partial charge on any atom is -0.490 e. The van der Waals surface area contributed by atoms with Crippen molar-refractivity contribution in [1.82, 2.24) is 0 Å². The van der Waals surface area contributed by atoms with Crippen molar-refractivity contribution in [3.63, 3.8) is 0 Å². The minimum absolute atomic E-state index is 0.112. The zero-order valence-corrected chi connectivity index (χ0v) is 21.1.